The van der Waals surface area contributed by atoms with Crippen molar-refractivity contribution in [3.63, 3.8) is 0 Å². The molecular formula is C23H23N3O4. The SMILES string of the molecule is CCOc1ccc([C@H](Cc2ncc[nH]2)N2C(=O)c3ccccc3C2=O)cc1OCC. The number of amides is 2. The van der Waals surface area contributed by atoms with Gasteiger partial charge in [0.25, 0.3) is 11.8 Å². The van der Waals surface area contributed by atoms with Crippen LogP contribution in [0, 0.1) is 0 Å². The van der Waals surface area contributed by atoms with Crippen LogP contribution in [0.5, 0.6) is 11.5 Å². The lowest BCUT2D eigenvalue weighted by atomic mass is 10.0. The zero-order valence-electron chi connectivity index (χ0n) is 16.9. The number of hydrogen-bond acceptors (Lipinski definition) is 5. The Labute approximate surface area is 174 Å². The van der Waals surface area contributed by atoms with Gasteiger partial charge in [-0.05, 0) is 43.7 Å². The summed E-state index contributed by atoms with van der Waals surface area (Å²) in [4.78, 5) is 35.0. The Balaban J connectivity index is 1.77. The fourth-order valence-electron chi connectivity index (χ4n) is 3.72. The van der Waals surface area contributed by atoms with Crippen molar-refractivity contribution in [3.8, 4) is 11.5 Å². The van der Waals surface area contributed by atoms with E-state index in [0.717, 1.165) is 5.56 Å². The average molecular weight is 405 g/mol. The highest BCUT2D eigenvalue weighted by atomic mass is 16.5. The molecule has 0 saturated carbocycles. The zero-order valence-corrected chi connectivity index (χ0v) is 16.9. The predicted molar refractivity (Wildman–Crippen MR) is 111 cm³/mol. The molecule has 1 N–H and O–H groups in total. The molecule has 3 aromatic rings. The molecule has 7 heteroatoms. The fourth-order valence-corrected chi connectivity index (χ4v) is 3.72. The van der Waals surface area contributed by atoms with Gasteiger partial charge in [-0.25, -0.2) is 4.98 Å². The highest BCUT2D eigenvalue weighted by Gasteiger charge is 2.40. The normalized spacial score (nSPS) is 14.0. The second-order valence-electron chi connectivity index (χ2n) is 6.85. The second kappa shape index (κ2) is 8.41. The van der Waals surface area contributed by atoms with Crippen LogP contribution in [0.2, 0.25) is 0 Å². The number of hydrogen-bond donors (Lipinski definition) is 1. The molecule has 30 heavy (non-hydrogen) atoms. The van der Waals surface area contributed by atoms with Gasteiger partial charge in [-0.1, -0.05) is 18.2 Å². The summed E-state index contributed by atoms with van der Waals surface area (Å²) in [5.74, 6) is 1.28. The molecule has 0 unspecified atom stereocenters. The first-order valence-electron chi connectivity index (χ1n) is 9.98. The number of rotatable bonds is 8. The molecule has 1 aromatic heterocycles. The summed E-state index contributed by atoms with van der Waals surface area (Å²) in [5.41, 5.74) is 1.61. The lowest BCUT2D eigenvalue weighted by Crippen LogP contribution is -2.35. The number of imidazole rings is 1. The number of fused-ring (bicyclic) bond motifs is 1. The molecule has 0 fully saturated rings. The van der Waals surface area contributed by atoms with E-state index >= 15 is 0 Å². The maximum absolute atomic E-state index is 13.1. The minimum absolute atomic E-state index is 0.306. The Bertz CT molecular complexity index is 1030. The van der Waals surface area contributed by atoms with E-state index in [0.29, 0.717) is 48.1 Å². The van der Waals surface area contributed by atoms with Gasteiger partial charge in [0.2, 0.25) is 0 Å². The first-order valence-corrected chi connectivity index (χ1v) is 9.98. The van der Waals surface area contributed by atoms with Crippen molar-refractivity contribution in [3.05, 3.63) is 77.4 Å². The summed E-state index contributed by atoms with van der Waals surface area (Å²) < 4.78 is 11.4. The lowest BCUT2D eigenvalue weighted by molar-refractivity contribution is 0.0579. The number of nitrogens with zero attached hydrogens (tertiary/aromatic N) is 2. The van der Waals surface area contributed by atoms with Gasteiger partial charge < -0.3 is 14.5 Å². The van der Waals surface area contributed by atoms with E-state index in [2.05, 4.69) is 9.97 Å². The van der Waals surface area contributed by atoms with Crippen LogP contribution < -0.4 is 9.47 Å². The third kappa shape index (κ3) is 3.54. The number of benzene rings is 2. The van der Waals surface area contributed by atoms with Crippen LogP contribution in [0.25, 0.3) is 0 Å². The van der Waals surface area contributed by atoms with E-state index in [4.69, 9.17) is 9.47 Å². The lowest BCUT2D eigenvalue weighted by Gasteiger charge is -2.27. The van der Waals surface area contributed by atoms with Crippen molar-refractivity contribution in [1.82, 2.24) is 14.9 Å². The standard InChI is InChI=1S/C23H23N3O4/c1-3-29-19-10-9-15(13-20(19)30-4-2)18(14-21-24-11-12-25-21)26-22(27)16-7-5-6-8-17(16)23(26)28/h5-13,18H,3-4,14H2,1-2H3,(H,24,25)/t18-/m0/s1. The Kier molecular flexibility index (Phi) is 5.52. The first-order chi connectivity index (χ1) is 14.6. The van der Waals surface area contributed by atoms with E-state index in [9.17, 15) is 9.59 Å². The zero-order chi connectivity index (χ0) is 21.1. The Morgan fingerprint density at radius 2 is 1.63 bits per heavy atom. The van der Waals surface area contributed by atoms with Crippen molar-refractivity contribution >= 4 is 11.8 Å². The van der Waals surface area contributed by atoms with E-state index in [1.54, 1.807) is 36.7 Å². The summed E-state index contributed by atoms with van der Waals surface area (Å²) in [6.07, 6.45) is 3.73. The average Bonchev–Trinajstić information content (AvgIpc) is 3.35. The number of nitrogens with one attached hydrogen (secondary N) is 1. The van der Waals surface area contributed by atoms with Gasteiger partial charge in [0.1, 0.15) is 5.82 Å². The largest absolute Gasteiger partial charge is 0.490 e. The maximum atomic E-state index is 13.1. The minimum Gasteiger partial charge on any atom is -0.490 e. The number of aromatic amines is 1. The van der Waals surface area contributed by atoms with Crippen LogP contribution in [0.15, 0.2) is 54.9 Å². The molecule has 2 amide bonds. The highest BCUT2D eigenvalue weighted by molar-refractivity contribution is 6.21. The molecule has 0 spiro atoms. The van der Waals surface area contributed by atoms with Crippen LogP contribution in [0.1, 0.15) is 52.0 Å². The van der Waals surface area contributed by atoms with E-state index < -0.39 is 6.04 Å². The van der Waals surface area contributed by atoms with E-state index in [1.165, 1.54) is 4.90 Å². The third-order valence-electron chi connectivity index (χ3n) is 5.03. The number of carbonyl (C=O) groups excluding carboxylic acids is 2. The summed E-state index contributed by atoms with van der Waals surface area (Å²) in [6, 6.07) is 11.9. The first kappa shape index (κ1) is 19.7. The van der Waals surface area contributed by atoms with Gasteiger partial charge in [-0.2, -0.15) is 0 Å². The summed E-state index contributed by atoms with van der Waals surface area (Å²) in [7, 11) is 0. The summed E-state index contributed by atoms with van der Waals surface area (Å²) in [6.45, 7) is 4.78. The molecule has 4 rings (SSSR count). The van der Waals surface area contributed by atoms with E-state index in [-0.39, 0.29) is 11.8 Å². The molecule has 7 nitrogen and oxygen atoms in total. The van der Waals surface area contributed by atoms with Crippen molar-refractivity contribution in [2.24, 2.45) is 0 Å². The van der Waals surface area contributed by atoms with Crippen molar-refractivity contribution in [2.45, 2.75) is 26.3 Å². The Morgan fingerprint density at radius 3 is 2.23 bits per heavy atom. The number of carbonyl (C=O) groups is 2. The van der Waals surface area contributed by atoms with Crippen molar-refractivity contribution in [1.29, 1.82) is 0 Å². The minimum atomic E-state index is -0.543. The Morgan fingerprint density at radius 1 is 0.967 bits per heavy atom. The molecular weight excluding hydrogens is 382 g/mol. The van der Waals surface area contributed by atoms with Crippen LogP contribution >= 0.6 is 0 Å². The number of H-pyrrole nitrogens is 1. The van der Waals surface area contributed by atoms with Crippen LogP contribution in [-0.4, -0.2) is 39.9 Å². The van der Waals surface area contributed by atoms with Crippen LogP contribution in [-0.2, 0) is 6.42 Å². The second-order valence-corrected chi connectivity index (χ2v) is 6.85. The maximum Gasteiger partial charge on any atom is 0.262 e. The predicted octanol–water partition coefficient (Wildman–Crippen LogP) is 3.79. The quantitative estimate of drug-likeness (QED) is 0.577. The van der Waals surface area contributed by atoms with Crippen LogP contribution in [0.4, 0.5) is 0 Å². The number of imide groups is 1. The van der Waals surface area contributed by atoms with Gasteiger partial charge in [0, 0.05) is 18.8 Å². The van der Waals surface area contributed by atoms with Crippen LogP contribution in [0.3, 0.4) is 0 Å². The highest BCUT2D eigenvalue weighted by Crippen LogP contribution is 2.37. The number of aromatic nitrogens is 2. The van der Waals surface area contributed by atoms with Gasteiger partial charge in [-0.3, -0.25) is 14.5 Å². The Hall–Kier alpha value is -3.61. The summed E-state index contributed by atoms with van der Waals surface area (Å²) in [5, 5.41) is 0. The molecule has 1 atom stereocenters. The molecule has 0 radical (unpaired) electrons. The van der Waals surface area contributed by atoms with Crippen molar-refractivity contribution in [2.75, 3.05) is 13.2 Å². The molecule has 1 aliphatic heterocycles. The fraction of sp³-hybridized carbons (Fsp3) is 0.261. The smallest absolute Gasteiger partial charge is 0.262 e. The van der Waals surface area contributed by atoms with Gasteiger partial charge >= 0.3 is 0 Å². The summed E-state index contributed by atoms with van der Waals surface area (Å²) >= 11 is 0. The molecule has 2 aromatic carbocycles. The van der Waals surface area contributed by atoms with Gasteiger partial charge in [0.05, 0.1) is 30.4 Å². The molecule has 154 valence electrons. The topological polar surface area (TPSA) is 84.5 Å². The molecule has 0 saturated heterocycles. The molecule has 0 aliphatic carbocycles. The number of ether oxygens (including phenoxy) is 2. The third-order valence-corrected chi connectivity index (χ3v) is 5.03. The molecule has 0 bridgehead atoms. The van der Waals surface area contributed by atoms with Gasteiger partial charge in [0.15, 0.2) is 11.5 Å². The molecule has 2 heterocycles. The van der Waals surface area contributed by atoms with E-state index in [1.807, 2.05) is 32.0 Å². The molecule has 1 aliphatic rings. The van der Waals surface area contributed by atoms with Gasteiger partial charge in [-0.15, -0.1) is 0 Å². The van der Waals surface area contributed by atoms with Crippen molar-refractivity contribution < 1.29 is 19.1 Å². The monoisotopic (exact) mass is 405 g/mol.